The Morgan fingerprint density at radius 3 is 2.70 bits per heavy atom. The zero-order chi connectivity index (χ0) is 15.3. The number of anilines is 1. The lowest BCUT2D eigenvalue weighted by Crippen LogP contribution is -2.22. The van der Waals surface area contributed by atoms with Crippen LogP contribution in [0.1, 0.15) is 19.4 Å². The van der Waals surface area contributed by atoms with E-state index in [-0.39, 0.29) is 22.6 Å². The van der Waals surface area contributed by atoms with Crippen LogP contribution in [0.25, 0.3) is 0 Å². The Morgan fingerprint density at radius 1 is 1.55 bits per heavy atom. The molecule has 0 saturated carbocycles. The number of nitrogens with one attached hydrogen (secondary N) is 1. The number of carbonyl (C=O) groups is 1. The van der Waals surface area contributed by atoms with Gasteiger partial charge in [-0.1, -0.05) is 18.5 Å². The van der Waals surface area contributed by atoms with Gasteiger partial charge in [-0.2, -0.15) is 0 Å². The predicted molar refractivity (Wildman–Crippen MR) is 77.1 cm³/mol. The Bertz CT molecular complexity index is 496. The third-order valence-electron chi connectivity index (χ3n) is 2.76. The lowest BCUT2D eigenvalue weighted by atomic mass is 10.1. The molecule has 0 bridgehead atoms. The molecule has 1 atom stereocenters. The Labute approximate surface area is 122 Å². The highest BCUT2D eigenvalue weighted by Crippen LogP contribution is 2.30. The second-order valence-corrected chi connectivity index (χ2v) is 4.82. The lowest BCUT2D eigenvalue weighted by molar-refractivity contribution is -0.384. The van der Waals surface area contributed by atoms with Crippen LogP contribution < -0.4 is 5.32 Å². The zero-order valence-corrected chi connectivity index (χ0v) is 12.4. The summed E-state index contributed by atoms with van der Waals surface area (Å²) in [6.07, 6.45) is 0. The van der Waals surface area contributed by atoms with Crippen LogP contribution in [0.4, 0.5) is 11.4 Å². The number of hydrogen-bond acceptors (Lipinski definition) is 5. The maximum Gasteiger partial charge on any atom is 0.310 e. The van der Waals surface area contributed by atoms with Crippen molar-refractivity contribution in [2.75, 3.05) is 18.5 Å². The Balaban J connectivity index is 2.78. The second kappa shape index (κ2) is 7.09. The van der Waals surface area contributed by atoms with Crippen molar-refractivity contribution in [2.45, 2.75) is 20.8 Å². The van der Waals surface area contributed by atoms with E-state index < -0.39 is 4.92 Å². The first-order valence-corrected chi connectivity index (χ1v) is 6.59. The molecule has 6 nitrogen and oxygen atoms in total. The van der Waals surface area contributed by atoms with Gasteiger partial charge in [0.25, 0.3) is 5.69 Å². The van der Waals surface area contributed by atoms with Crippen molar-refractivity contribution in [3.8, 4) is 0 Å². The topological polar surface area (TPSA) is 81.5 Å². The fourth-order valence-corrected chi connectivity index (χ4v) is 2.01. The summed E-state index contributed by atoms with van der Waals surface area (Å²) in [5.74, 6) is -0.628. The van der Waals surface area contributed by atoms with Crippen LogP contribution in [-0.2, 0) is 9.53 Å². The number of aryl methyl sites for hydroxylation is 1. The van der Waals surface area contributed by atoms with Gasteiger partial charge in [0, 0.05) is 18.7 Å². The van der Waals surface area contributed by atoms with Crippen LogP contribution >= 0.6 is 11.6 Å². The molecule has 1 unspecified atom stereocenters. The van der Waals surface area contributed by atoms with Gasteiger partial charge >= 0.3 is 5.97 Å². The van der Waals surface area contributed by atoms with Gasteiger partial charge in [-0.15, -0.1) is 0 Å². The van der Waals surface area contributed by atoms with Gasteiger partial charge in [-0.25, -0.2) is 0 Å². The minimum atomic E-state index is -0.496. The molecule has 1 aromatic rings. The first kappa shape index (κ1) is 16.2. The van der Waals surface area contributed by atoms with Crippen molar-refractivity contribution in [2.24, 2.45) is 5.92 Å². The molecule has 0 aliphatic rings. The Kier molecular flexibility index (Phi) is 5.76. The molecule has 1 aromatic carbocycles. The number of carbonyl (C=O) groups excluding carboxylic acids is 1. The van der Waals surface area contributed by atoms with Gasteiger partial charge in [0.15, 0.2) is 0 Å². The largest absolute Gasteiger partial charge is 0.466 e. The number of non-ortho nitro benzene ring substituents is 1. The normalized spacial score (nSPS) is 11.8. The molecule has 20 heavy (non-hydrogen) atoms. The number of ether oxygens (including phenoxy) is 1. The highest BCUT2D eigenvalue weighted by atomic mass is 35.5. The average Bonchev–Trinajstić information content (AvgIpc) is 2.37. The van der Waals surface area contributed by atoms with Gasteiger partial charge in [-0.3, -0.25) is 14.9 Å². The summed E-state index contributed by atoms with van der Waals surface area (Å²) in [6.45, 7) is 5.88. The Hall–Kier alpha value is -1.82. The minimum Gasteiger partial charge on any atom is -0.466 e. The molecule has 0 heterocycles. The van der Waals surface area contributed by atoms with E-state index in [0.717, 1.165) is 0 Å². The van der Waals surface area contributed by atoms with E-state index in [0.29, 0.717) is 24.4 Å². The molecule has 110 valence electrons. The van der Waals surface area contributed by atoms with Crippen LogP contribution in [-0.4, -0.2) is 24.0 Å². The van der Waals surface area contributed by atoms with E-state index in [9.17, 15) is 14.9 Å². The second-order valence-electron chi connectivity index (χ2n) is 4.41. The number of nitro groups is 1. The predicted octanol–water partition coefficient (Wildman–Crippen LogP) is 3.17. The van der Waals surface area contributed by atoms with Crippen LogP contribution in [0.3, 0.4) is 0 Å². The van der Waals surface area contributed by atoms with Crippen LogP contribution in [0, 0.1) is 23.0 Å². The number of benzene rings is 1. The maximum atomic E-state index is 11.5. The average molecular weight is 301 g/mol. The van der Waals surface area contributed by atoms with Crippen LogP contribution in [0.15, 0.2) is 12.1 Å². The molecule has 0 spiro atoms. The summed E-state index contributed by atoms with van der Waals surface area (Å²) in [5, 5.41) is 14.0. The van der Waals surface area contributed by atoms with E-state index >= 15 is 0 Å². The maximum absolute atomic E-state index is 11.5. The number of nitrogens with zero attached hydrogens (tertiary/aromatic N) is 1. The van der Waals surface area contributed by atoms with Crippen molar-refractivity contribution < 1.29 is 14.5 Å². The van der Waals surface area contributed by atoms with Crippen molar-refractivity contribution in [1.29, 1.82) is 0 Å². The number of nitro benzene ring substituents is 1. The quantitative estimate of drug-likeness (QED) is 0.496. The summed E-state index contributed by atoms with van der Waals surface area (Å²) < 4.78 is 4.90. The minimum absolute atomic E-state index is 0.0588. The Morgan fingerprint density at radius 2 is 2.20 bits per heavy atom. The number of esters is 1. The molecule has 1 N–H and O–H groups in total. The van der Waals surface area contributed by atoms with Gasteiger partial charge < -0.3 is 10.1 Å². The van der Waals surface area contributed by atoms with Gasteiger partial charge in [0.05, 0.1) is 28.2 Å². The summed E-state index contributed by atoms with van der Waals surface area (Å²) in [4.78, 5) is 21.7. The molecule has 0 saturated heterocycles. The number of rotatable bonds is 6. The summed E-state index contributed by atoms with van der Waals surface area (Å²) in [6, 6.07) is 2.72. The fraction of sp³-hybridized carbons (Fsp3) is 0.462. The zero-order valence-electron chi connectivity index (χ0n) is 11.6. The van der Waals surface area contributed by atoms with Gasteiger partial charge in [0.2, 0.25) is 0 Å². The van der Waals surface area contributed by atoms with E-state index in [2.05, 4.69) is 5.32 Å². The van der Waals surface area contributed by atoms with Crippen molar-refractivity contribution in [3.05, 3.63) is 32.8 Å². The van der Waals surface area contributed by atoms with Crippen molar-refractivity contribution >= 4 is 28.9 Å². The van der Waals surface area contributed by atoms with Gasteiger partial charge in [-0.05, 0) is 19.4 Å². The molecular formula is C13H17ClN2O4. The third kappa shape index (κ3) is 4.09. The number of halogens is 1. The van der Waals surface area contributed by atoms with E-state index in [1.807, 2.05) is 0 Å². The molecule has 0 aromatic heterocycles. The highest BCUT2D eigenvalue weighted by molar-refractivity contribution is 6.33. The third-order valence-corrected chi connectivity index (χ3v) is 3.06. The molecule has 0 amide bonds. The monoisotopic (exact) mass is 300 g/mol. The lowest BCUT2D eigenvalue weighted by Gasteiger charge is -2.15. The fourth-order valence-electron chi connectivity index (χ4n) is 1.68. The van der Waals surface area contributed by atoms with E-state index in [1.54, 1.807) is 20.8 Å². The molecule has 0 aliphatic carbocycles. The molecular weight excluding hydrogens is 284 g/mol. The highest BCUT2D eigenvalue weighted by Gasteiger charge is 2.17. The smallest absolute Gasteiger partial charge is 0.310 e. The molecule has 7 heteroatoms. The molecule has 1 rings (SSSR count). The van der Waals surface area contributed by atoms with Crippen molar-refractivity contribution in [3.63, 3.8) is 0 Å². The molecule has 0 aliphatic heterocycles. The van der Waals surface area contributed by atoms with Crippen LogP contribution in [0.2, 0.25) is 5.02 Å². The summed E-state index contributed by atoms with van der Waals surface area (Å²) >= 11 is 6.02. The van der Waals surface area contributed by atoms with Crippen LogP contribution in [0.5, 0.6) is 0 Å². The van der Waals surface area contributed by atoms with Crippen molar-refractivity contribution in [1.82, 2.24) is 0 Å². The molecule has 0 radical (unpaired) electrons. The standard InChI is InChI=1S/C13H17ClN2O4/c1-4-20-13(17)9(3)7-15-12-8(2)5-10(16(18)19)6-11(12)14/h5-6,9,15H,4,7H2,1-3H3. The molecule has 0 fully saturated rings. The first-order valence-electron chi connectivity index (χ1n) is 6.21. The first-order chi connectivity index (χ1) is 9.36. The van der Waals surface area contributed by atoms with E-state index in [1.165, 1.54) is 12.1 Å². The number of hydrogen-bond donors (Lipinski definition) is 1. The SMILES string of the molecule is CCOC(=O)C(C)CNc1c(C)cc([N+](=O)[O-])cc1Cl. The summed E-state index contributed by atoms with van der Waals surface area (Å²) in [7, 11) is 0. The van der Waals surface area contributed by atoms with Gasteiger partial charge in [0.1, 0.15) is 0 Å². The van der Waals surface area contributed by atoms with E-state index in [4.69, 9.17) is 16.3 Å². The summed E-state index contributed by atoms with van der Waals surface area (Å²) in [5.41, 5.74) is 1.19.